The van der Waals surface area contributed by atoms with Crippen molar-refractivity contribution in [3.05, 3.63) is 24.4 Å². The highest BCUT2D eigenvalue weighted by Gasteiger charge is 2.25. The molecule has 2 aliphatic rings. The van der Waals surface area contributed by atoms with Crippen molar-refractivity contribution >= 4 is 16.9 Å². The summed E-state index contributed by atoms with van der Waals surface area (Å²) in [5.41, 5.74) is 6.99. The standard InChI is InChI=1S/C21H30N4O2/c1-2-25(17-8-6-16(22)7-9-17)21-23-14-15-4-3-5-19(20(15)24-21)27-18-10-12-26-13-11-18/h3-5,14,16-18H,2,6-13,22H2,1H3. The Morgan fingerprint density at radius 3 is 2.67 bits per heavy atom. The van der Waals surface area contributed by atoms with Gasteiger partial charge in [-0.1, -0.05) is 12.1 Å². The maximum absolute atomic E-state index is 6.29. The summed E-state index contributed by atoms with van der Waals surface area (Å²) in [5, 5.41) is 1.02. The molecule has 0 radical (unpaired) electrons. The summed E-state index contributed by atoms with van der Waals surface area (Å²) in [6.45, 7) is 4.60. The molecule has 2 heterocycles. The predicted molar refractivity (Wildman–Crippen MR) is 107 cm³/mol. The average Bonchev–Trinajstić information content (AvgIpc) is 2.71. The first-order valence-electron chi connectivity index (χ1n) is 10.3. The van der Waals surface area contributed by atoms with Crippen LogP contribution in [0.25, 0.3) is 10.9 Å². The molecule has 0 spiro atoms. The van der Waals surface area contributed by atoms with Crippen LogP contribution in [-0.4, -0.2) is 47.9 Å². The van der Waals surface area contributed by atoms with Gasteiger partial charge in [-0.3, -0.25) is 0 Å². The Labute approximate surface area is 161 Å². The molecule has 0 bridgehead atoms. The highest BCUT2D eigenvalue weighted by atomic mass is 16.5. The fourth-order valence-electron chi connectivity index (χ4n) is 4.20. The number of nitrogens with two attached hydrogens (primary N) is 1. The number of aromatic nitrogens is 2. The first-order valence-corrected chi connectivity index (χ1v) is 10.3. The molecule has 6 heteroatoms. The van der Waals surface area contributed by atoms with Crippen LogP contribution >= 0.6 is 0 Å². The summed E-state index contributed by atoms with van der Waals surface area (Å²) in [6, 6.07) is 6.89. The molecule has 1 saturated carbocycles. The van der Waals surface area contributed by atoms with E-state index in [1.807, 2.05) is 24.4 Å². The minimum Gasteiger partial charge on any atom is -0.488 e. The first-order chi connectivity index (χ1) is 13.2. The van der Waals surface area contributed by atoms with Gasteiger partial charge in [0.2, 0.25) is 5.95 Å². The van der Waals surface area contributed by atoms with Gasteiger partial charge >= 0.3 is 0 Å². The Morgan fingerprint density at radius 2 is 1.93 bits per heavy atom. The van der Waals surface area contributed by atoms with E-state index in [9.17, 15) is 0 Å². The maximum Gasteiger partial charge on any atom is 0.226 e. The second-order valence-corrected chi connectivity index (χ2v) is 7.65. The molecular weight excluding hydrogens is 340 g/mol. The van der Waals surface area contributed by atoms with Crippen LogP contribution in [0.3, 0.4) is 0 Å². The van der Waals surface area contributed by atoms with Gasteiger partial charge in [0.25, 0.3) is 0 Å². The van der Waals surface area contributed by atoms with Crippen molar-refractivity contribution in [2.45, 2.75) is 63.6 Å². The molecule has 1 aliphatic heterocycles. The zero-order chi connectivity index (χ0) is 18.6. The van der Waals surface area contributed by atoms with Crippen molar-refractivity contribution in [1.82, 2.24) is 9.97 Å². The third-order valence-corrected chi connectivity index (χ3v) is 5.80. The molecule has 2 fully saturated rings. The fourth-order valence-corrected chi connectivity index (χ4v) is 4.20. The number of para-hydroxylation sites is 1. The minimum atomic E-state index is 0.199. The molecule has 146 valence electrons. The first kappa shape index (κ1) is 18.4. The Hall–Kier alpha value is -1.92. The van der Waals surface area contributed by atoms with Gasteiger partial charge in [0.05, 0.1) is 13.2 Å². The van der Waals surface area contributed by atoms with Crippen molar-refractivity contribution < 1.29 is 9.47 Å². The summed E-state index contributed by atoms with van der Waals surface area (Å²) < 4.78 is 11.7. The lowest BCUT2D eigenvalue weighted by Crippen LogP contribution is -2.41. The summed E-state index contributed by atoms with van der Waals surface area (Å²) in [7, 11) is 0. The van der Waals surface area contributed by atoms with Crippen molar-refractivity contribution in [1.29, 1.82) is 0 Å². The fraction of sp³-hybridized carbons (Fsp3) is 0.619. The predicted octanol–water partition coefficient (Wildman–Crippen LogP) is 3.28. The van der Waals surface area contributed by atoms with E-state index in [1.54, 1.807) is 0 Å². The average molecular weight is 370 g/mol. The number of nitrogens with zero attached hydrogens (tertiary/aromatic N) is 3. The smallest absolute Gasteiger partial charge is 0.226 e. The molecule has 6 nitrogen and oxygen atoms in total. The van der Waals surface area contributed by atoms with E-state index in [1.165, 1.54) is 0 Å². The quantitative estimate of drug-likeness (QED) is 0.871. The van der Waals surface area contributed by atoms with E-state index >= 15 is 0 Å². The number of fused-ring (bicyclic) bond motifs is 1. The molecule has 0 amide bonds. The summed E-state index contributed by atoms with van der Waals surface area (Å²) >= 11 is 0. The number of anilines is 1. The van der Waals surface area contributed by atoms with Gasteiger partial charge in [0.1, 0.15) is 17.4 Å². The lowest BCUT2D eigenvalue weighted by Gasteiger charge is -2.35. The maximum atomic E-state index is 6.29. The molecule has 27 heavy (non-hydrogen) atoms. The van der Waals surface area contributed by atoms with Gasteiger partial charge < -0.3 is 20.1 Å². The number of benzene rings is 1. The van der Waals surface area contributed by atoms with Crippen molar-refractivity contribution in [2.24, 2.45) is 5.73 Å². The highest BCUT2D eigenvalue weighted by molar-refractivity contribution is 5.84. The minimum absolute atomic E-state index is 0.199. The van der Waals surface area contributed by atoms with Gasteiger partial charge in [0.15, 0.2) is 0 Å². The van der Waals surface area contributed by atoms with E-state index in [2.05, 4.69) is 16.8 Å². The number of hydrogen-bond acceptors (Lipinski definition) is 6. The van der Waals surface area contributed by atoms with Crippen LogP contribution in [0.4, 0.5) is 5.95 Å². The summed E-state index contributed by atoms with van der Waals surface area (Å²) in [4.78, 5) is 11.9. The zero-order valence-corrected chi connectivity index (χ0v) is 16.1. The van der Waals surface area contributed by atoms with Gasteiger partial charge in [0, 0.05) is 43.1 Å². The van der Waals surface area contributed by atoms with Gasteiger partial charge in [-0.25, -0.2) is 9.97 Å². The third kappa shape index (κ3) is 4.17. The molecule has 2 N–H and O–H groups in total. The van der Waals surface area contributed by atoms with Crippen LogP contribution in [0.1, 0.15) is 45.4 Å². The second kappa shape index (κ2) is 8.40. The Morgan fingerprint density at radius 1 is 1.15 bits per heavy atom. The molecule has 1 aromatic carbocycles. The Bertz CT molecular complexity index is 755. The molecule has 2 aromatic rings. The van der Waals surface area contributed by atoms with E-state index in [-0.39, 0.29) is 6.10 Å². The summed E-state index contributed by atoms with van der Waals surface area (Å²) in [5.74, 6) is 1.65. The van der Waals surface area contributed by atoms with Crippen LogP contribution in [0.2, 0.25) is 0 Å². The molecule has 4 rings (SSSR count). The van der Waals surface area contributed by atoms with Gasteiger partial charge in [-0.15, -0.1) is 0 Å². The number of rotatable bonds is 5. The van der Waals surface area contributed by atoms with Crippen LogP contribution in [0.15, 0.2) is 24.4 Å². The molecule has 1 aliphatic carbocycles. The Kier molecular flexibility index (Phi) is 5.74. The Balaban J connectivity index is 1.60. The number of hydrogen-bond donors (Lipinski definition) is 1. The molecular formula is C21H30N4O2. The molecule has 0 atom stereocenters. The largest absolute Gasteiger partial charge is 0.488 e. The van der Waals surface area contributed by atoms with Crippen molar-refractivity contribution in [3.63, 3.8) is 0 Å². The van der Waals surface area contributed by atoms with Crippen LogP contribution in [0.5, 0.6) is 5.75 Å². The van der Waals surface area contributed by atoms with Crippen molar-refractivity contribution in [2.75, 3.05) is 24.7 Å². The van der Waals surface area contributed by atoms with Crippen LogP contribution in [0, 0.1) is 0 Å². The normalized spacial score (nSPS) is 24.1. The highest BCUT2D eigenvalue weighted by Crippen LogP contribution is 2.30. The van der Waals surface area contributed by atoms with Crippen LogP contribution < -0.4 is 15.4 Å². The zero-order valence-electron chi connectivity index (χ0n) is 16.1. The van der Waals surface area contributed by atoms with Crippen molar-refractivity contribution in [3.8, 4) is 5.75 Å². The van der Waals surface area contributed by atoms with E-state index in [0.717, 1.165) is 80.9 Å². The van der Waals surface area contributed by atoms with Gasteiger partial charge in [-0.05, 0) is 38.7 Å². The van der Waals surface area contributed by atoms with Crippen LogP contribution in [-0.2, 0) is 4.74 Å². The monoisotopic (exact) mass is 370 g/mol. The lowest BCUT2D eigenvalue weighted by molar-refractivity contribution is 0.0261. The van der Waals surface area contributed by atoms with E-state index in [4.69, 9.17) is 20.2 Å². The topological polar surface area (TPSA) is 73.5 Å². The second-order valence-electron chi connectivity index (χ2n) is 7.65. The molecule has 1 saturated heterocycles. The molecule has 0 unspecified atom stereocenters. The van der Waals surface area contributed by atoms with E-state index in [0.29, 0.717) is 12.1 Å². The number of ether oxygens (including phenoxy) is 2. The SMILES string of the molecule is CCN(c1ncc2cccc(OC3CCOCC3)c2n1)C1CCC(N)CC1. The third-order valence-electron chi connectivity index (χ3n) is 5.80. The lowest BCUT2D eigenvalue weighted by atomic mass is 9.91. The summed E-state index contributed by atoms with van der Waals surface area (Å²) in [6.07, 6.45) is 8.35. The van der Waals surface area contributed by atoms with E-state index < -0.39 is 0 Å². The van der Waals surface area contributed by atoms with Gasteiger partial charge in [-0.2, -0.15) is 0 Å². The molecule has 1 aromatic heterocycles.